The van der Waals surface area contributed by atoms with Crippen LogP contribution in [0.2, 0.25) is 0 Å². The van der Waals surface area contributed by atoms with Crippen molar-refractivity contribution in [3.8, 4) is 5.75 Å². The van der Waals surface area contributed by atoms with Crippen molar-refractivity contribution in [3.63, 3.8) is 0 Å². The molecule has 28 heavy (non-hydrogen) atoms. The summed E-state index contributed by atoms with van der Waals surface area (Å²) in [5.41, 5.74) is 1.08. The second kappa shape index (κ2) is 9.80. The van der Waals surface area contributed by atoms with Crippen molar-refractivity contribution in [2.75, 3.05) is 20.6 Å². The normalized spacial score (nSPS) is 12.1. The first-order valence-corrected chi connectivity index (χ1v) is 9.08. The van der Waals surface area contributed by atoms with E-state index in [0.29, 0.717) is 40.7 Å². The Morgan fingerprint density at radius 2 is 1.96 bits per heavy atom. The fourth-order valence-electron chi connectivity index (χ4n) is 2.64. The fourth-order valence-corrected chi connectivity index (χ4v) is 2.64. The molecular formula is C22H25NO5. The average Bonchev–Trinajstić information content (AvgIpc) is 2.63. The molecule has 0 N–H and O–H groups in total. The smallest absolute Gasteiger partial charge is 0.311 e. The molecule has 1 aromatic carbocycles. The van der Waals surface area contributed by atoms with E-state index in [2.05, 4.69) is 0 Å². The predicted octanol–water partition coefficient (Wildman–Crippen LogP) is 3.59. The molecule has 0 saturated carbocycles. The third-order valence-corrected chi connectivity index (χ3v) is 4.08. The third-order valence-electron chi connectivity index (χ3n) is 4.08. The van der Waals surface area contributed by atoms with Crippen LogP contribution in [0.25, 0.3) is 16.5 Å². The lowest BCUT2D eigenvalue weighted by Gasteiger charge is -2.09. The highest BCUT2D eigenvalue weighted by molar-refractivity contribution is 5.91. The van der Waals surface area contributed by atoms with Gasteiger partial charge in [-0.3, -0.25) is 14.4 Å². The molecule has 6 heteroatoms. The molecule has 0 aliphatic heterocycles. The van der Waals surface area contributed by atoms with Crippen LogP contribution in [0.3, 0.4) is 0 Å². The third kappa shape index (κ3) is 5.76. The standard InChI is InChI=1S/C22H25NO5/c1-5-16(9-8-15(2)24)19-14-27-20-13-17(10-11-18(20)22(19)26)28-21(25)7-6-12-23(3)4/h5,8-11,13-14H,6-7,12H2,1-4H3/b9-8-,16-5?. The summed E-state index contributed by atoms with van der Waals surface area (Å²) in [7, 11) is 3.89. The van der Waals surface area contributed by atoms with E-state index in [1.165, 1.54) is 25.3 Å². The number of ketones is 1. The van der Waals surface area contributed by atoms with Gasteiger partial charge in [0.2, 0.25) is 0 Å². The number of carbonyl (C=O) groups is 2. The van der Waals surface area contributed by atoms with E-state index in [9.17, 15) is 14.4 Å². The Bertz CT molecular complexity index is 982. The molecule has 0 radical (unpaired) electrons. The zero-order chi connectivity index (χ0) is 20.7. The maximum absolute atomic E-state index is 12.8. The van der Waals surface area contributed by atoms with Crippen molar-refractivity contribution in [1.82, 2.24) is 4.90 Å². The highest BCUT2D eigenvalue weighted by atomic mass is 16.5. The highest BCUT2D eigenvalue weighted by Crippen LogP contribution is 2.22. The van der Waals surface area contributed by atoms with Gasteiger partial charge in [0.05, 0.1) is 10.9 Å². The minimum absolute atomic E-state index is 0.110. The number of benzene rings is 1. The van der Waals surface area contributed by atoms with Crippen LogP contribution in [0.4, 0.5) is 0 Å². The van der Waals surface area contributed by atoms with Crippen molar-refractivity contribution < 1.29 is 18.7 Å². The van der Waals surface area contributed by atoms with Crippen LogP contribution in [-0.4, -0.2) is 37.3 Å². The van der Waals surface area contributed by atoms with Crippen LogP contribution >= 0.6 is 0 Å². The predicted molar refractivity (Wildman–Crippen MR) is 109 cm³/mol. The van der Waals surface area contributed by atoms with Gasteiger partial charge in [0, 0.05) is 12.5 Å². The average molecular weight is 383 g/mol. The molecule has 2 aromatic rings. The largest absolute Gasteiger partial charge is 0.463 e. The molecule has 0 amide bonds. The monoisotopic (exact) mass is 383 g/mol. The zero-order valence-corrected chi connectivity index (χ0v) is 16.7. The summed E-state index contributed by atoms with van der Waals surface area (Å²) in [6, 6.07) is 4.69. The van der Waals surface area contributed by atoms with Crippen LogP contribution in [0.5, 0.6) is 5.75 Å². The van der Waals surface area contributed by atoms with Crippen molar-refractivity contribution in [1.29, 1.82) is 0 Å². The number of ether oxygens (including phenoxy) is 1. The van der Waals surface area contributed by atoms with E-state index in [4.69, 9.17) is 9.15 Å². The van der Waals surface area contributed by atoms with Gasteiger partial charge in [0.25, 0.3) is 0 Å². The Hall–Kier alpha value is -2.99. The lowest BCUT2D eigenvalue weighted by Crippen LogP contribution is -2.16. The van der Waals surface area contributed by atoms with Gasteiger partial charge in [-0.25, -0.2) is 0 Å². The van der Waals surface area contributed by atoms with Crippen LogP contribution in [0.1, 0.15) is 32.3 Å². The van der Waals surface area contributed by atoms with Gasteiger partial charge in [-0.1, -0.05) is 12.2 Å². The molecule has 0 fully saturated rings. The number of carbonyl (C=O) groups excluding carboxylic acids is 2. The van der Waals surface area contributed by atoms with E-state index < -0.39 is 0 Å². The number of esters is 1. The number of rotatable bonds is 8. The molecule has 0 atom stereocenters. The molecule has 148 valence electrons. The zero-order valence-electron chi connectivity index (χ0n) is 16.7. The minimum Gasteiger partial charge on any atom is -0.463 e. The van der Waals surface area contributed by atoms with Gasteiger partial charge < -0.3 is 14.1 Å². The van der Waals surface area contributed by atoms with Crippen molar-refractivity contribution >= 4 is 28.3 Å². The summed E-state index contributed by atoms with van der Waals surface area (Å²) in [5.74, 6) is -0.103. The SMILES string of the molecule is CC=C(/C=C\C(C)=O)c1coc2cc(OC(=O)CCCN(C)C)ccc2c1=O. The molecular weight excluding hydrogens is 358 g/mol. The van der Waals surface area contributed by atoms with Gasteiger partial charge in [-0.05, 0) is 64.7 Å². The number of hydrogen-bond acceptors (Lipinski definition) is 6. The molecule has 1 aromatic heterocycles. The summed E-state index contributed by atoms with van der Waals surface area (Å²) in [4.78, 5) is 37.9. The Morgan fingerprint density at radius 1 is 1.21 bits per heavy atom. The summed E-state index contributed by atoms with van der Waals surface area (Å²) < 4.78 is 10.9. The second-order valence-corrected chi connectivity index (χ2v) is 6.71. The molecule has 2 rings (SSSR count). The Labute approximate surface area is 164 Å². The Morgan fingerprint density at radius 3 is 2.61 bits per heavy atom. The Balaban J connectivity index is 2.23. The summed E-state index contributed by atoms with van der Waals surface area (Å²) in [6.07, 6.45) is 7.10. The first-order valence-electron chi connectivity index (χ1n) is 9.08. The molecule has 6 nitrogen and oxygen atoms in total. The maximum atomic E-state index is 12.8. The van der Waals surface area contributed by atoms with Crippen LogP contribution in [-0.2, 0) is 9.59 Å². The molecule has 0 aliphatic carbocycles. The van der Waals surface area contributed by atoms with Crippen molar-refractivity contribution in [2.24, 2.45) is 0 Å². The van der Waals surface area contributed by atoms with E-state index in [0.717, 1.165) is 6.54 Å². The summed E-state index contributed by atoms with van der Waals surface area (Å²) >= 11 is 0. The molecule has 0 unspecified atom stereocenters. The molecule has 0 aliphatic rings. The molecule has 0 saturated heterocycles. The lowest BCUT2D eigenvalue weighted by atomic mass is 10.0. The van der Waals surface area contributed by atoms with Gasteiger partial charge >= 0.3 is 5.97 Å². The van der Waals surface area contributed by atoms with Gasteiger partial charge in [-0.15, -0.1) is 0 Å². The van der Waals surface area contributed by atoms with Gasteiger partial charge in [0.1, 0.15) is 17.6 Å². The first kappa shape index (κ1) is 21.3. The number of fused-ring (bicyclic) bond motifs is 1. The topological polar surface area (TPSA) is 76.8 Å². The summed E-state index contributed by atoms with van der Waals surface area (Å²) in [5, 5.41) is 0.375. The number of nitrogens with zero attached hydrogens (tertiary/aromatic N) is 1. The minimum atomic E-state index is -0.328. The first-order chi connectivity index (χ1) is 13.3. The van der Waals surface area contributed by atoms with E-state index in [1.54, 1.807) is 31.2 Å². The van der Waals surface area contributed by atoms with Crippen LogP contribution < -0.4 is 10.2 Å². The second-order valence-electron chi connectivity index (χ2n) is 6.71. The van der Waals surface area contributed by atoms with E-state index >= 15 is 0 Å². The molecule has 1 heterocycles. The van der Waals surface area contributed by atoms with E-state index in [-0.39, 0.29) is 17.2 Å². The lowest BCUT2D eigenvalue weighted by molar-refractivity contribution is -0.134. The van der Waals surface area contributed by atoms with Crippen molar-refractivity contribution in [3.05, 3.63) is 58.5 Å². The van der Waals surface area contributed by atoms with E-state index in [1.807, 2.05) is 19.0 Å². The maximum Gasteiger partial charge on any atom is 0.311 e. The van der Waals surface area contributed by atoms with Crippen LogP contribution in [0.15, 0.2) is 51.9 Å². The molecule has 0 bridgehead atoms. The highest BCUT2D eigenvalue weighted by Gasteiger charge is 2.12. The fraction of sp³-hybridized carbons (Fsp3) is 0.318. The molecule has 0 spiro atoms. The quantitative estimate of drug-likeness (QED) is 0.300. The van der Waals surface area contributed by atoms with Crippen LogP contribution in [0, 0.1) is 0 Å². The number of hydrogen-bond donors (Lipinski definition) is 0. The van der Waals surface area contributed by atoms with Crippen molar-refractivity contribution in [2.45, 2.75) is 26.7 Å². The van der Waals surface area contributed by atoms with Gasteiger partial charge in [0.15, 0.2) is 11.2 Å². The van der Waals surface area contributed by atoms with Gasteiger partial charge in [-0.2, -0.15) is 0 Å². The Kier molecular flexibility index (Phi) is 7.46. The number of allylic oxidation sites excluding steroid dienone is 4. The summed E-state index contributed by atoms with van der Waals surface area (Å²) in [6.45, 7) is 4.02.